The lowest BCUT2D eigenvalue weighted by Gasteiger charge is -2.12. The van der Waals surface area contributed by atoms with Crippen molar-refractivity contribution in [2.24, 2.45) is 5.73 Å². The van der Waals surface area contributed by atoms with Gasteiger partial charge in [0.05, 0.1) is 12.5 Å². The smallest absolute Gasteiger partial charge is 0.123 e. The van der Waals surface area contributed by atoms with Crippen LogP contribution in [0.4, 0.5) is 0 Å². The molecule has 14 heavy (non-hydrogen) atoms. The third kappa shape index (κ3) is 2.36. The molecule has 1 rings (SSSR count). The minimum Gasteiger partial charge on any atom is -0.507 e. The van der Waals surface area contributed by atoms with Gasteiger partial charge in [-0.2, -0.15) is 5.26 Å². The highest BCUT2D eigenvalue weighted by Crippen LogP contribution is 2.29. The first-order chi connectivity index (χ1) is 6.56. The number of nitrogens with two attached hydrogens (primary N) is 1. The van der Waals surface area contributed by atoms with Gasteiger partial charge in [0.15, 0.2) is 0 Å². The summed E-state index contributed by atoms with van der Waals surface area (Å²) < 4.78 is 1.02. The second-order valence-electron chi connectivity index (χ2n) is 3.13. The summed E-state index contributed by atoms with van der Waals surface area (Å²) in [7, 11) is 0. The van der Waals surface area contributed by atoms with Crippen LogP contribution < -0.4 is 5.73 Å². The maximum atomic E-state index is 9.73. The van der Waals surface area contributed by atoms with Crippen LogP contribution in [0.25, 0.3) is 0 Å². The van der Waals surface area contributed by atoms with Gasteiger partial charge in [-0.25, -0.2) is 0 Å². The van der Waals surface area contributed by atoms with Crippen LogP contribution in [0.5, 0.6) is 5.75 Å². The predicted octanol–water partition coefficient (Wildman–Crippen LogP) is 2.22. The number of benzene rings is 1. The molecule has 3 nitrogen and oxygen atoms in total. The van der Waals surface area contributed by atoms with Gasteiger partial charge in [0.2, 0.25) is 0 Å². The number of hydrogen-bond donors (Lipinski definition) is 2. The van der Waals surface area contributed by atoms with E-state index in [2.05, 4.69) is 22.6 Å². The fourth-order valence-corrected chi connectivity index (χ4v) is 2.06. The molecule has 74 valence electrons. The van der Waals surface area contributed by atoms with Gasteiger partial charge in [0.1, 0.15) is 5.75 Å². The minimum absolute atomic E-state index is 0.202. The van der Waals surface area contributed by atoms with Crippen LogP contribution in [0.3, 0.4) is 0 Å². The molecule has 0 aliphatic carbocycles. The van der Waals surface area contributed by atoms with E-state index in [1.54, 1.807) is 0 Å². The predicted molar refractivity (Wildman–Crippen MR) is 62.7 cm³/mol. The second-order valence-corrected chi connectivity index (χ2v) is 4.37. The van der Waals surface area contributed by atoms with Crippen molar-refractivity contribution in [3.63, 3.8) is 0 Å². The van der Waals surface area contributed by atoms with Gasteiger partial charge in [-0.05, 0) is 47.2 Å². The highest BCUT2D eigenvalue weighted by Gasteiger charge is 2.13. The van der Waals surface area contributed by atoms with Crippen LogP contribution in [-0.4, -0.2) is 5.11 Å². The molecule has 0 fully saturated rings. The second kappa shape index (κ2) is 4.62. The number of rotatable bonds is 2. The highest BCUT2D eigenvalue weighted by molar-refractivity contribution is 14.1. The maximum Gasteiger partial charge on any atom is 0.123 e. The molecule has 0 saturated carbocycles. The molecule has 1 aromatic rings. The standard InChI is InChI=1S/C10H11IN2O/c1-6-4-7(11)5-8(10(6)14)9(13)2-3-12/h4-5,9,14H,2,13H2,1H3. The normalized spacial score (nSPS) is 12.1. The molecule has 0 spiro atoms. The molecule has 0 heterocycles. The maximum absolute atomic E-state index is 9.73. The number of nitrogens with zero attached hydrogens (tertiary/aromatic N) is 1. The van der Waals surface area contributed by atoms with Crippen molar-refractivity contribution < 1.29 is 5.11 Å². The summed E-state index contributed by atoms with van der Waals surface area (Å²) in [4.78, 5) is 0. The van der Waals surface area contributed by atoms with E-state index in [-0.39, 0.29) is 12.2 Å². The number of nitriles is 1. The summed E-state index contributed by atoms with van der Waals surface area (Å²) in [6, 6.07) is 5.27. The molecule has 0 bridgehead atoms. The van der Waals surface area contributed by atoms with Crippen LogP contribution in [0.15, 0.2) is 12.1 Å². The fraction of sp³-hybridized carbons (Fsp3) is 0.300. The average molecular weight is 302 g/mol. The zero-order valence-corrected chi connectivity index (χ0v) is 9.95. The molecular weight excluding hydrogens is 291 g/mol. The zero-order chi connectivity index (χ0) is 10.7. The topological polar surface area (TPSA) is 70.0 Å². The van der Waals surface area contributed by atoms with Gasteiger partial charge < -0.3 is 10.8 Å². The number of aryl methyl sites for hydroxylation is 1. The van der Waals surface area contributed by atoms with E-state index in [4.69, 9.17) is 11.0 Å². The van der Waals surface area contributed by atoms with E-state index in [0.29, 0.717) is 5.56 Å². The van der Waals surface area contributed by atoms with Crippen LogP contribution in [0.1, 0.15) is 23.6 Å². The van der Waals surface area contributed by atoms with Crippen LogP contribution in [-0.2, 0) is 0 Å². The Bertz CT molecular complexity index is 384. The molecule has 1 unspecified atom stereocenters. The number of halogens is 1. The van der Waals surface area contributed by atoms with Gasteiger partial charge in [-0.1, -0.05) is 0 Å². The first-order valence-corrected chi connectivity index (χ1v) is 5.25. The fourth-order valence-electron chi connectivity index (χ4n) is 1.25. The molecule has 4 heteroatoms. The quantitative estimate of drug-likeness (QED) is 0.823. The first-order valence-electron chi connectivity index (χ1n) is 4.17. The van der Waals surface area contributed by atoms with Gasteiger partial charge in [-0.3, -0.25) is 0 Å². The van der Waals surface area contributed by atoms with Crippen molar-refractivity contribution in [1.82, 2.24) is 0 Å². The SMILES string of the molecule is Cc1cc(I)cc(C(N)CC#N)c1O. The van der Waals surface area contributed by atoms with E-state index in [1.165, 1.54) is 0 Å². The molecule has 0 saturated heterocycles. The Morgan fingerprint density at radius 1 is 1.64 bits per heavy atom. The van der Waals surface area contributed by atoms with Crippen molar-refractivity contribution in [1.29, 1.82) is 5.26 Å². The van der Waals surface area contributed by atoms with Gasteiger partial charge in [0, 0.05) is 15.2 Å². The molecule has 0 amide bonds. The van der Waals surface area contributed by atoms with Gasteiger partial charge in [0.25, 0.3) is 0 Å². The molecule has 3 N–H and O–H groups in total. The van der Waals surface area contributed by atoms with E-state index in [1.807, 2.05) is 25.1 Å². The summed E-state index contributed by atoms with van der Waals surface area (Å²) >= 11 is 2.16. The molecular formula is C10H11IN2O. The van der Waals surface area contributed by atoms with E-state index in [0.717, 1.165) is 9.13 Å². The van der Waals surface area contributed by atoms with Crippen molar-refractivity contribution in [2.45, 2.75) is 19.4 Å². The number of hydrogen-bond acceptors (Lipinski definition) is 3. The van der Waals surface area contributed by atoms with Crippen molar-refractivity contribution in [3.8, 4) is 11.8 Å². The van der Waals surface area contributed by atoms with E-state index in [9.17, 15) is 5.11 Å². The monoisotopic (exact) mass is 302 g/mol. The summed E-state index contributed by atoms with van der Waals surface area (Å²) in [6.45, 7) is 1.82. The number of phenolic OH excluding ortho intramolecular Hbond substituents is 1. The Hall–Kier alpha value is -0.800. The first kappa shape index (κ1) is 11.3. The van der Waals surface area contributed by atoms with Gasteiger partial charge >= 0.3 is 0 Å². The third-order valence-corrected chi connectivity index (χ3v) is 2.63. The van der Waals surface area contributed by atoms with Crippen LogP contribution >= 0.6 is 22.6 Å². The van der Waals surface area contributed by atoms with Crippen molar-refractivity contribution in [2.75, 3.05) is 0 Å². The van der Waals surface area contributed by atoms with Crippen LogP contribution in [0.2, 0.25) is 0 Å². The summed E-state index contributed by atoms with van der Waals surface area (Å²) in [5, 5.41) is 18.2. The minimum atomic E-state index is -0.409. The Morgan fingerprint density at radius 3 is 2.86 bits per heavy atom. The molecule has 0 radical (unpaired) electrons. The lowest BCUT2D eigenvalue weighted by atomic mass is 10.0. The number of phenols is 1. The molecule has 0 aliphatic rings. The van der Waals surface area contributed by atoms with Crippen molar-refractivity contribution >= 4 is 22.6 Å². The molecule has 1 aromatic carbocycles. The van der Waals surface area contributed by atoms with Crippen molar-refractivity contribution in [3.05, 3.63) is 26.8 Å². The average Bonchev–Trinajstić information content (AvgIpc) is 2.11. The Balaban J connectivity index is 3.14. The lowest BCUT2D eigenvalue weighted by Crippen LogP contribution is -2.10. The molecule has 0 aromatic heterocycles. The Labute approximate surface area is 96.7 Å². The lowest BCUT2D eigenvalue weighted by molar-refractivity contribution is 0.457. The molecule has 0 aliphatic heterocycles. The largest absolute Gasteiger partial charge is 0.507 e. The Kier molecular flexibility index (Phi) is 3.72. The highest BCUT2D eigenvalue weighted by atomic mass is 127. The van der Waals surface area contributed by atoms with E-state index < -0.39 is 6.04 Å². The van der Waals surface area contributed by atoms with Gasteiger partial charge in [-0.15, -0.1) is 0 Å². The summed E-state index contributed by atoms with van der Waals surface area (Å²) in [5.41, 5.74) is 7.20. The summed E-state index contributed by atoms with van der Waals surface area (Å²) in [5.74, 6) is 0.202. The summed E-state index contributed by atoms with van der Waals surface area (Å²) in [6.07, 6.45) is 0.215. The van der Waals surface area contributed by atoms with E-state index >= 15 is 0 Å². The number of aromatic hydroxyl groups is 1. The zero-order valence-electron chi connectivity index (χ0n) is 7.79. The Morgan fingerprint density at radius 2 is 2.29 bits per heavy atom. The third-order valence-electron chi connectivity index (χ3n) is 2.01. The van der Waals surface area contributed by atoms with Crippen LogP contribution in [0, 0.1) is 21.8 Å². The molecule has 1 atom stereocenters.